The minimum absolute atomic E-state index is 0.225. The summed E-state index contributed by atoms with van der Waals surface area (Å²) in [5.74, 6) is -0.165. The summed E-state index contributed by atoms with van der Waals surface area (Å²) < 4.78 is 31.9. The van der Waals surface area contributed by atoms with Crippen LogP contribution in [0.3, 0.4) is 0 Å². The molecule has 1 saturated heterocycles. The number of rotatable bonds is 5. The van der Waals surface area contributed by atoms with Crippen LogP contribution in [-0.4, -0.2) is 32.5 Å². The Bertz CT molecular complexity index is 653. The van der Waals surface area contributed by atoms with Gasteiger partial charge in [-0.1, -0.05) is 25.4 Å². The number of nitrogens with one attached hydrogen (secondary N) is 1. The first-order chi connectivity index (χ1) is 10.7. The minimum Gasteiger partial charge on any atom is -0.381 e. The first kappa shape index (κ1) is 18.2. The molecule has 0 unspecified atom stereocenters. The molecular weight excluding hydrogens is 340 g/mol. The van der Waals surface area contributed by atoms with Crippen LogP contribution in [0.2, 0.25) is 5.02 Å². The normalized spacial score (nSPS) is 17.0. The first-order valence-electron chi connectivity index (χ1n) is 7.47. The standard InChI is InChI=1S/C15H21ClN2O4S/c1-15(2,9-11-5-7-22-8-6-11)14(19)18-23(20,21)13-4-3-12(16)10-17-13/h3-4,10-11H,5-9H2,1-2H3,(H,18,19). The topological polar surface area (TPSA) is 85.4 Å². The zero-order valence-corrected chi connectivity index (χ0v) is 14.8. The van der Waals surface area contributed by atoms with Gasteiger partial charge in [0.2, 0.25) is 5.91 Å². The van der Waals surface area contributed by atoms with Gasteiger partial charge >= 0.3 is 0 Å². The average molecular weight is 361 g/mol. The van der Waals surface area contributed by atoms with Gasteiger partial charge < -0.3 is 4.74 Å². The number of sulfonamides is 1. The van der Waals surface area contributed by atoms with Gasteiger partial charge in [-0.2, -0.15) is 8.42 Å². The number of hydrogen-bond donors (Lipinski definition) is 1. The van der Waals surface area contributed by atoms with Gasteiger partial charge in [-0.3, -0.25) is 4.79 Å². The van der Waals surface area contributed by atoms with Gasteiger partial charge in [0.05, 0.1) is 5.02 Å². The molecule has 2 rings (SSSR count). The average Bonchev–Trinajstić information content (AvgIpc) is 2.47. The SMILES string of the molecule is CC(C)(CC1CCOCC1)C(=O)NS(=O)(=O)c1ccc(Cl)cn1. The summed E-state index contributed by atoms with van der Waals surface area (Å²) >= 11 is 5.69. The lowest BCUT2D eigenvalue weighted by atomic mass is 9.79. The van der Waals surface area contributed by atoms with E-state index in [0.29, 0.717) is 30.6 Å². The number of amides is 1. The molecule has 0 saturated carbocycles. The molecule has 6 nitrogen and oxygen atoms in total. The van der Waals surface area contributed by atoms with Gasteiger partial charge in [0.15, 0.2) is 5.03 Å². The summed E-state index contributed by atoms with van der Waals surface area (Å²) in [7, 11) is -3.99. The summed E-state index contributed by atoms with van der Waals surface area (Å²) in [5.41, 5.74) is -0.790. The van der Waals surface area contributed by atoms with Gasteiger partial charge in [-0.05, 0) is 37.3 Å². The molecule has 8 heteroatoms. The van der Waals surface area contributed by atoms with Crippen molar-refractivity contribution in [2.45, 2.75) is 38.1 Å². The Balaban J connectivity index is 2.05. The van der Waals surface area contributed by atoms with Gasteiger partial charge in [0, 0.05) is 24.8 Å². The molecule has 23 heavy (non-hydrogen) atoms. The summed E-state index contributed by atoms with van der Waals surface area (Å²) in [6.45, 7) is 4.88. The van der Waals surface area contributed by atoms with Crippen molar-refractivity contribution in [3.8, 4) is 0 Å². The van der Waals surface area contributed by atoms with Crippen LogP contribution in [0.1, 0.15) is 33.1 Å². The van der Waals surface area contributed by atoms with Crippen molar-refractivity contribution < 1.29 is 17.9 Å². The van der Waals surface area contributed by atoms with Gasteiger partial charge in [-0.25, -0.2) is 9.71 Å². The van der Waals surface area contributed by atoms with Crippen LogP contribution >= 0.6 is 11.6 Å². The lowest BCUT2D eigenvalue weighted by molar-refractivity contribution is -0.128. The third-order valence-corrected chi connectivity index (χ3v) is 5.43. The van der Waals surface area contributed by atoms with E-state index in [1.807, 2.05) is 0 Å². The van der Waals surface area contributed by atoms with Crippen LogP contribution in [-0.2, 0) is 19.6 Å². The van der Waals surface area contributed by atoms with Crippen LogP contribution in [0.15, 0.2) is 23.4 Å². The molecule has 0 aromatic carbocycles. The van der Waals surface area contributed by atoms with E-state index in [0.717, 1.165) is 12.8 Å². The lowest BCUT2D eigenvalue weighted by Gasteiger charge is -2.30. The summed E-state index contributed by atoms with van der Waals surface area (Å²) in [4.78, 5) is 16.2. The van der Waals surface area contributed by atoms with Crippen molar-refractivity contribution in [2.24, 2.45) is 11.3 Å². The fraction of sp³-hybridized carbons (Fsp3) is 0.600. The van der Waals surface area contributed by atoms with E-state index in [9.17, 15) is 13.2 Å². The number of hydrogen-bond acceptors (Lipinski definition) is 5. The third-order valence-electron chi connectivity index (χ3n) is 3.96. The Morgan fingerprint density at radius 3 is 2.61 bits per heavy atom. The molecular formula is C15H21ClN2O4S. The van der Waals surface area contributed by atoms with E-state index in [2.05, 4.69) is 9.71 Å². The van der Waals surface area contributed by atoms with Crippen LogP contribution in [0.5, 0.6) is 0 Å². The molecule has 0 radical (unpaired) electrons. The maximum atomic E-state index is 12.4. The molecule has 1 fully saturated rings. The molecule has 0 bridgehead atoms. The number of pyridine rings is 1. The van der Waals surface area contributed by atoms with Crippen molar-refractivity contribution in [3.63, 3.8) is 0 Å². The Hall–Kier alpha value is -1.18. The summed E-state index contributed by atoms with van der Waals surface area (Å²) in [5, 5.41) is 0.104. The zero-order valence-electron chi connectivity index (χ0n) is 13.2. The molecule has 1 aliphatic rings. The maximum Gasteiger partial charge on any atom is 0.281 e. The second kappa shape index (κ2) is 7.15. The van der Waals surface area contributed by atoms with Crippen molar-refractivity contribution in [2.75, 3.05) is 13.2 Å². The van der Waals surface area contributed by atoms with Gasteiger partial charge in [-0.15, -0.1) is 0 Å². The van der Waals surface area contributed by atoms with Crippen molar-refractivity contribution in [1.29, 1.82) is 0 Å². The Morgan fingerprint density at radius 2 is 2.04 bits per heavy atom. The summed E-state index contributed by atoms with van der Waals surface area (Å²) in [6.07, 6.45) is 3.63. The Labute approximate surface area is 141 Å². The second-order valence-electron chi connectivity index (χ2n) is 6.39. The van der Waals surface area contributed by atoms with E-state index in [-0.39, 0.29) is 5.03 Å². The van der Waals surface area contributed by atoms with Crippen molar-refractivity contribution in [3.05, 3.63) is 23.4 Å². The molecule has 128 valence electrons. The largest absolute Gasteiger partial charge is 0.381 e. The number of aromatic nitrogens is 1. The molecule has 2 heterocycles. The highest BCUT2D eigenvalue weighted by atomic mass is 35.5. The van der Waals surface area contributed by atoms with E-state index >= 15 is 0 Å². The Morgan fingerprint density at radius 1 is 1.39 bits per heavy atom. The van der Waals surface area contributed by atoms with Gasteiger partial charge in [0.1, 0.15) is 0 Å². The van der Waals surface area contributed by atoms with Crippen molar-refractivity contribution >= 4 is 27.5 Å². The number of carbonyl (C=O) groups is 1. The molecule has 1 aromatic rings. The highest BCUT2D eigenvalue weighted by Crippen LogP contribution is 2.31. The summed E-state index contributed by atoms with van der Waals surface area (Å²) in [6, 6.07) is 2.68. The molecule has 0 atom stereocenters. The minimum atomic E-state index is -3.99. The predicted molar refractivity (Wildman–Crippen MR) is 86.5 cm³/mol. The fourth-order valence-corrected chi connectivity index (χ4v) is 3.77. The number of halogens is 1. The monoisotopic (exact) mass is 360 g/mol. The quantitative estimate of drug-likeness (QED) is 0.871. The number of nitrogens with zero attached hydrogens (tertiary/aromatic N) is 1. The molecule has 0 spiro atoms. The van der Waals surface area contributed by atoms with Crippen molar-refractivity contribution in [1.82, 2.24) is 9.71 Å². The van der Waals surface area contributed by atoms with E-state index in [4.69, 9.17) is 16.3 Å². The highest BCUT2D eigenvalue weighted by Gasteiger charge is 2.34. The maximum absolute atomic E-state index is 12.4. The molecule has 1 aromatic heterocycles. The first-order valence-corrected chi connectivity index (χ1v) is 9.33. The Kier molecular flexibility index (Phi) is 5.65. The second-order valence-corrected chi connectivity index (χ2v) is 8.46. The van der Waals surface area contributed by atoms with Gasteiger partial charge in [0.25, 0.3) is 10.0 Å². The fourth-order valence-electron chi connectivity index (χ4n) is 2.60. The molecule has 1 amide bonds. The predicted octanol–water partition coefficient (Wildman–Crippen LogP) is 2.38. The highest BCUT2D eigenvalue weighted by molar-refractivity contribution is 7.90. The third kappa shape index (κ3) is 4.89. The van der Waals surface area contributed by atoms with E-state index in [1.165, 1.54) is 18.3 Å². The number of ether oxygens (including phenoxy) is 1. The smallest absolute Gasteiger partial charge is 0.281 e. The molecule has 1 aliphatic heterocycles. The van der Waals surface area contributed by atoms with Crippen LogP contribution in [0.25, 0.3) is 0 Å². The van der Waals surface area contributed by atoms with E-state index in [1.54, 1.807) is 13.8 Å². The lowest BCUT2D eigenvalue weighted by Crippen LogP contribution is -2.42. The van der Waals surface area contributed by atoms with E-state index < -0.39 is 21.3 Å². The van der Waals surface area contributed by atoms with Crippen LogP contribution in [0, 0.1) is 11.3 Å². The van der Waals surface area contributed by atoms with Crippen LogP contribution in [0.4, 0.5) is 0 Å². The molecule has 0 aliphatic carbocycles. The zero-order chi connectivity index (χ0) is 17.1. The van der Waals surface area contributed by atoms with Crippen LogP contribution < -0.4 is 4.72 Å². The molecule has 1 N–H and O–H groups in total. The number of carbonyl (C=O) groups excluding carboxylic acids is 1.